The lowest BCUT2D eigenvalue weighted by molar-refractivity contribution is -0.127. The molecule has 0 unspecified atom stereocenters. The fraction of sp³-hybridized carbons (Fsp3) is 0.385. The zero-order chi connectivity index (χ0) is 15.1. The molecule has 2 amide bonds. The van der Waals surface area contributed by atoms with Crippen LogP contribution in [-0.2, 0) is 9.59 Å². The number of amides is 2. The summed E-state index contributed by atoms with van der Waals surface area (Å²) in [5.41, 5.74) is 0. The van der Waals surface area contributed by atoms with Crippen LogP contribution in [0.3, 0.4) is 0 Å². The molecule has 0 fully saturated rings. The maximum atomic E-state index is 12.9. The standard InChI is InChI=1S/C13H16F2N2O3/c1-8(2)17-12(18)6-16-13(19)7-20-9-3-4-10(14)11(15)5-9/h3-5,8H,6-7H2,1-2H3,(H,16,19)(H,17,18). The summed E-state index contributed by atoms with van der Waals surface area (Å²) in [5.74, 6) is -2.87. The summed E-state index contributed by atoms with van der Waals surface area (Å²) in [5, 5.41) is 4.94. The molecule has 0 aliphatic rings. The highest BCUT2D eigenvalue weighted by Crippen LogP contribution is 2.14. The van der Waals surface area contributed by atoms with Crippen molar-refractivity contribution in [2.45, 2.75) is 19.9 Å². The molecule has 1 rings (SSSR count). The quantitative estimate of drug-likeness (QED) is 0.819. The van der Waals surface area contributed by atoms with E-state index < -0.39 is 17.5 Å². The van der Waals surface area contributed by atoms with Gasteiger partial charge in [0.1, 0.15) is 5.75 Å². The van der Waals surface area contributed by atoms with Crippen molar-refractivity contribution < 1.29 is 23.1 Å². The van der Waals surface area contributed by atoms with Crippen molar-refractivity contribution >= 4 is 11.8 Å². The molecule has 110 valence electrons. The molecule has 0 aromatic heterocycles. The fourth-order valence-corrected chi connectivity index (χ4v) is 1.32. The van der Waals surface area contributed by atoms with Crippen LogP contribution >= 0.6 is 0 Å². The molecule has 0 atom stereocenters. The third-order valence-electron chi connectivity index (χ3n) is 2.16. The Morgan fingerprint density at radius 2 is 1.90 bits per heavy atom. The summed E-state index contributed by atoms with van der Waals surface area (Å²) in [4.78, 5) is 22.6. The Kier molecular flexibility index (Phi) is 5.89. The summed E-state index contributed by atoms with van der Waals surface area (Å²) in [7, 11) is 0. The Morgan fingerprint density at radius 1 is 1.20 bits per heavy atom. The normalized spacial score (nSPS) is 10.2. The van der Waals surface area contributed by atoms with E-state index >= 15 is 0 Å². The van der Waals surface area contributed by atoms with Gasteiger partial charge in [0.05, 0.1) is 6.54 Å². The van der Waals surface area contributed by atoms with Gasteiger partial charge in [0.25, 0.3) is 5.91 Å². The second-order valence-corrected chi connectivity index (χ2v) is 4.36. The average molecular weight is 286 g/mol. The first-order valence-corrected chi connectivity index (χ1v) is 6.02. The lowest BCUT2D eigenvalue weighted by atomic mass is 10.3. The van der Waals surface area contributed by atoms with Gasteiger partial charge in [-0.3, -0.25) is 9.59 Å². The van der Waals surface area contributed by atoms with Crippen molar-refractivity contribution in [1.29, 1.82) is 0 Å². The van der Waals surface area contributed by atoms with Gasteiger partial charge in [-0.05, 0) is 26.0 Å². The van der Waals surface area contributed by atoms with Crippen LogP contribution in [0.15, 0.2) is 18.2 Å². The van der Waals surface area contributed by atoms with Crippen LogP contribution in [-0.4, -0.2) is 31.0 Å². The molecule has 0 heterocycles. The van der Waals surface area contributed by atoms with Gasteiger partial charge in [0.2, 0.25) is 5.91 Å². The van der Waals surface area contributed by atoms with Crippen LogP contribution in [0.25, 0.3) is 0 Å². The molecule has 1 aromatic rings. The molecule has 1 aromatic carbocycles. The third kappa shape index (κ3) is 5.64. The summed E-state index contributed by atoms with van der Waals surface area (Å²) in [6.07, 6.45) is 0. The second-order valence-electron chi connectivity index (χ2n) is 4.36. The SMILES string of the molecule is CC(C)NC(=O)CNC(=O)COc1ccc(F)c(F)c1. The van der Waals surface area contributed by atoms with Crippen LogP contribution in [0.2, 0.25) is 0 Å². The predicted molar refractivity (Wildman–Crippen MR) is 68.1 cm³/mol. The van der Waals surface area contributed by atoms with Crippen molar-refractivity contribution in [1.82, 2.24) is 10.6 Å². The largest absolute Gasteiger partial charge is 0.484 e. The number of ether oxygens (including phenoxy) is 1. The maximum absolute atomic E-state index is 12.9. The molecule has 0 bridgehead atoms. The van der Waals surface area contributed by atoms with E-state index in [1.807, 2.05) is 0 Å². The van der Waals surface area contributed by atoms with Gasteiger partial charge in [-0.25, -0.2) is 8.78 Å². The van der Waals surface area contributed by atoms with Gasteiger partial charge in [0, 0.05) is 12.1 Å². The van der Waals surface area contributed by atoms with E-state index in [9.17, 15) is 18.4 Å². The summed E-state index contributed by atoms with van der Waals surface area (Å²) >= 11 is 0. The van der Waals surface area contributed by atoms with Crippen molar-refractivity contribution in [3.05, 3.63) is 29.8 Å². The van der Waals surface area contributed by atoms with Crippen molar-refractivity contribution in [2.75, 3.05) is 13.2 Å². The summed E-state index contributed by atoms with van der Waals surface area (Å²) in [6, 6.07) is 2.93. The Labute approximate surface area is 115 Å². The molecule has 20 heavy (non-hydrogen) atoms. The number of carbonyl (C=O) groups is 2. The van der Waals surface area contributed by atoms with E-state index in [0.29, 0.717) is 0 Å². The second kappa shape index (κ2) is 7.42. The van der Waals surface area contributed by atoms with Crippen LogP contribution in [0.4, 0.5) is 8.78 Å². The lowest BCUT2D eigenvalue weighted by Gasteiger charge is -2.10. The number of rotatable bonds is 6. The number of carbonyl (C=O) groups excluding carboxylic acids is 2. The lowest BCUT2D eigenvalue weighted by Crippen LogP contribution is -2.41. The number of nitrogens with one attached hydrogen (secondary N) is 2. The topological polar surface area (TPSA) is 67.4 Å². The van der Waals surface area contributed by atoms with E-state index in [0.717, 1.165) is 12.1 Å². The number of hydrogen-bond acceptors (Lipinski definition) is 3. The van der Waals surface area contributed by atoms with Crippen LogP contribution in [0.5, 0.6) is 5.75 Å². The van der Waals surface area contributed by atoms with Gasteiger partial charge >= 0.3 is 0 Å². The maximum Gasteiger partial charge on any atom is 0.258 e. The molecule has 0 saturated heterocycles. The first-order chi connectivity index (χ1) is 9.38. The van der Waals surface area contributed by atoms with Gasteiger partial charge in [-0.15, -0.1) is 0 Å². The molecule has 0 aliphatic heterocycles. The van der Waals surface area contributed by atoms with Crippen molar-refractivity contribution in [3.63, 3.8) is 0 Å². The zero-order valence-electron chi connectivity index (χ0n) is 11.2. The van der Waals surface area contributed by atoms with Crippen molar-refractivity contribution in [3.8, 4) is 5.75 Å². The Bertz CT molecular complexity index is 493. The van der Waals surface area contributed by atoms with Gasteiger partial charge < -0.3 is 15.4 Å². The minimum Gasteiger partial charge on any atom is -0.484 e. The van der Waals surface area contributed by atoms with Crippen molar-refractivity contribution in [2.24, 2.45) is 0 Å². The molecular formula is C13H16F2N2O3. The molecule has 5 nitrogen and oxygen atoms in total. The van der Waals surface area contributed by atoms with Crippen LogP contribution < -0.4 is 15.4 Å². The molecule has 0 radical (unpaired) electrons. The molecule has 2 N–H and O–H groups in total. The Balaban J connectivity index is 2.32. The number of halogens is 2. The van der Waals surface area contributed by atoms with Crippen LogP contribution in [0.1, 0.15) is 13.8 Å². The molecular weight excluding hydrogens is 270 g/mol. The fourth-order valence-electron chi connectivity index (χ4n) is 1.32. The van der Waals surface area contributed by atoms with E-state index in [2.05, 4.69) is 10.6 Å². The minimum atomic E-state index is -1.06. The number of hydrogen-bond donors (Lipinski definition) is 2. The highest BCUT2D eigenvalue weighted by Gasteiger charge is 2.08. The summed E-state index contributed by atoms with van der Waals surface area (Å²) in [6.45, 7) is 3.04. The monoisotopic (exact) mass is 286 g/mol. The number of benzene rings is 1. The predicted octanol–water partition coefficient (Wildman–Crippen LogP) is 0.984. The highest BCUT2D eigenvalue weighted by molar-refractivity contribution is 5.85. The van der Waals surface area contributed by atoms with Crippen LogP contribution in [0, 0.1) is 11.6 Å². The minimum absolute atomic E-state index is 0.0159. The molecule has 0 saturated carbocycles. The van der Waals surface area contributed by atoms with E-state index in [1.165, 1.54) is 6.07 Å². The van der Waals surface area contributed by atoms with E-state index in [1.54, 1.807) is 13.8 Å². The Hall–Kier alpha value is -2.18. The zero-order valence-corrected chi connectivity index (χ0v) is 11.2. The Morgan fingerprint density at radius 3 is 2.50 bits per heavy atom. The third-order valence-corrected chi connectivity index (χ3v) is 2.16. The van der Waals surface area contributed by atoms with Gasteiger partial charge in [0.15, 0.2) is 18.2 Å². The van der Waals surface area contributed by atoms with E-state index in [-0.39, 0.29) is 30.9 Å². The molecule has 0 spiro atoms. The highest BCUT2D eigenvalue weighted by atomic mass is 19.2. The smallest absolute Gasteiger partial charge is 0.258 e. The van der Waals surface area contributed by atoms with Gasteiger partial charge in [-0.2, -0.15) is 0 Å². The van der Waals surface area contributed by atoms with Gasteiger partial charge in [-0.1, -0.05) is 0 Å². The first kappa shape index (κ1) is 15.9. The average Bonchev–Trinajstić information content (AvgIpc) is 2.37. The summed E-state index contributed by atoms with van der Waals surface area (Å²) < 4.78 is 30.5. The molecule has 7 heteroatoms. The molecule has 0 aliphatic carbocycles. The van der Waals surface area contributed by atoms with E-state index in [4.69, 9.17) is 4.74 Å². The first-order valence-electron chi connectivity index (χ1n) is 6.02.